The summed E-state index contributed by atoms with van der Waals surface area (Å²) in [7, 11) is -2.41. The summed E-state index contributed by atoms with van der Waals surface area (Å²) in [5, 5.41) is 4.46. The summed E-state index contributed by atoms with van der Waals surface area (Å²) in [6, 6.07) is 10.7. The summed E-state index contributed by atoms with van der Waals surface area (Å²) in [5.41, 5.74) is 0.307. The lowest BCUT2D eigenvalue weighted by Gasteiger charge is -2.12. The Morgan fingerprint density at radius 1 is 1.06 bits per heavy atom. The van der Waals surface area contributed by atoms with Crippen molar-refractivity contribution < 1.29 is 22.0 Å². The first-order chi connectivity index (χ1) is 16.7. The molecule has 2 aromatic carbocycles. The van der Waals surface area contributed by atoms with Crippen LogP contribution in [0, 0.1) is 11.6 Å². The van der Waals surface area contributed by atoms with Crippen LogP contribution in [0.25, 0.3) is 22.2 Å². The molecule has 176 valence electrons. The zero-order valence-electron chi connectivity index (χ0n) is 18.2. The third-order valence-corrected chi connectivity index (χ3v) is 6.81. The molecule has 0 radical (unpaired) electrons. The Morgan fingerprint density at radius 2 is 1.83 bits per heavy atom. The van der Waals surface area contributed by atoms with Gasteiger partial charge < -0.3 is 4.98 Å². The van der Waals surface area contributed by atoms with Gasteiger partial charge in [0, 0.05) is 47.7 Å². The topological polar surface area (TPSA) is 110 Å². The van der Waals surface area contributed by atoms with Crippen molar-refractivity contribution in [2.75, 3.05) is 4.72 Å². The van der Waals surface area contributed by atoms with E-state index in [0.717, 1.165) is 17.7 Å². The second kappa shape index (κ2) is 8.44. The number of nitrogens with one attached hydrogen (secondary N) is 2. The molecule has 0 aliphatic carbocycles. The highest BCUT2D eigenvalue weighted by molar-refractivity contribution is 7.92. The molecule has 5 rings (SSSR count). The van der Waals surface area contributed by atoms with Gasteiger partial charge in [0.2, 0.25) is 5.78 Å². The predicted molar refractivity (Wildman–Crippen MR) is 125 cm³/mol. The van der Waals surface area contributed by atoms with Gasteiger partial charge in [-0.25, -0.2) is 22.2 Å². The van der Waals surface area contributed by atoms with Gasteiger partial charge in [-0.1, -0.05) is 18.2 Å². The number of ketones is 1. The zero-order chi connectivity index (χ0) is 24.7. The van der Waals surface area contributed by atoms with Crippen molar-refractivity contribution in [1.29, 1.82) is 0 Å². The normalized spacial score (nSPS) is 11.6. The first kappa shape index (κ1) is 22.4. The second-order valence-corrected chi connectivity index (χ2v) is 9.44. The number of halogens is 2. The van der Waals surface area contributed by atoms with Crippen LogP contribution in [0.15, 0.2) is 78.2 Å². The molecular formula is C24H17F2N5O3S. The monoisotopic (exact) mass is 493 g/mol. The summed E-state index contributed by atoms with van der Waals surface area (Å²) in [4.78, 5) is 20.3. The number of pyridine rings is 1. The molecule has 0 aliphatic heterocycles. The number of rotatable bonds is 6. The minimum Gasteiger partial charge on any atom is -0.345 e. The Balaban J connectivity index is 1.56. The lowest BCUT2D eigenvalue weighted by Crippen LogP contribution is -2.16. The molecule has 0 spiro atoms. The molecular weight excluding hydrogens is 476 g/mol. The molecule has 0 saturated carbocycles. The van der Waals surface area contributed by atoms with Crippen molar-refractivity contribution in [2.24, 2.45) is 7.05 Å². The molecule has 2 N–H and O–H groups in total. The van der Waals surface area contributed by atoms with E-state index in [9.17, 15) is 17.6 Å². The Bertz CT molecular complexity index is 1700. The number of hydrogen-bond donors (Lipinski definition) is 2. The number of benzene rings is 2. The molecule has 0 saturated heterocycles. The van der Waals surface area contributed by atoms with Gasteiger partial charge in [-0.3, -0.25) is 14.2 Å². The fraction of sp³-hybridized carbons (Fsp3) is 0.0417. The summed E-state index contributed by atoms with van der Waals surface area (Å²) in [5.74, 6) is -3.40. The number of nitrogens with zero attached hydrogens (tertiary/aromatic N) is 3. The largest absolute Gasteiger partial charge is 0.345 e. The molecule has 0 unspecified atom stereocenters. The highest BCUT2D eigenvalue weighted by Crippen LogP contribution is 2.30. The quantitative estimate of drug-likeness (QED) is 0.343. The number of aromatic amines is 1. The Kier molecular flexibility index (Phi) is 5.40. The molecule has 3 heterocycles. The lowest BCUT2D eigenvalue weighted by molar-refractivity contribution is 0.103. The van der Waals surface area contributed by atoms with Crippen LogP contribution in [-0.4, -0.2) is 33.9 Å². The van der Waals surface area contributed by atoms with Crippen LogP contribution in [0.5, 0.6) is 0 Å². The summed E-state index contributed by atoms with van der Waals surface area (Å²) >= 11 is 0. The first-order valence-electron chi connectivity index (χ1n) is 10.3. The number of aryl methyl sites for hydroxylation is 1. The van der Waals surface area contributed by atoms with E-state index in [1.165, 1.54) is 30.5 Å². The maximum atomic E-state index is 15.3. The van der Waals surface area contributed by atoms with E-state index in [0.29, 0.717) is 16.6 Å². The van der Waals surface area contributed by atoms with Crippen molar-refractivity contribution in [3.63, 3.8) is 0 Å². The van der Waals surface area contributed by atoms with Crippen molar-refractivity contribution in [3.8, 4) is 11.1 Å². The molecule has 0 atom stereocenters. The Hall–Kier alpha value is -4.38. The maximum Gasteiger partial charge on any atom is 0.261 e. The summed E-state index contributed by atoms with van der Waals surface area (Å²) in [6.45, 7) is 0. The standard InChI is InChI=1S/C24H17F2N5O3S/c1-31-13-15(11-29-31)14-9-17-18(12-28-24(17)27-10-14)23(32)21-19(25)7-8-20(22(21)26)30-35(33,34)16-5-3-2-4-6-16/h2-13,30H,1H3,(H,27,28). The Labute approximate surface area is 198 Å². The number of aromatic nitrogens is 4. The van der Waals surface area contributed by atoms with Crippen molar-refractivity contribution >= 4 is 32.5 Å². The number of carbonyl (C=O) groups excluding carboxylic acids is 1. The van der Waals surface area contributed by atoms with E-state index in [1.54, 1.807) is 42.5 Å². The molecule has 0 amide bonds. The van der Waals surface area contributed by atoms with E-state index in [1.807, 2.05) is 0 Å². The van der Waals surface area contributed by atoms with Crippen LogP contribution in [0.4, 0.5) is 14.5 Å². The second-order valence-electron chi connectivity index (χ2n) is 7.76. The van der Waals surface area contributed by atoms with Gasteiger partial charge in [-0.05, 0) is 30.3 Å². The van der Waals surface area contributed by atoms with E-state index in [2.05, 4.69) is 19.8 Å². The van der Waals surface area contributed by atoms with Gasteiger partial charge in [0.15, 0.2) is 5.82 Å². The zero-order valence-corrected chi connectivity index (χ0v) is 19.0. The number of sulfonamides is 1. The summed E-state index contributed by atoms with van der Waals surface area (Å²) < 4.78 is 59.0. The molecule has 3 aromatic heterocycles. The molecule has 0 fully saturated rings. The number of anilines is 1. The molecule has 5 aromatic rings. The fourth-order valence-electron chi connectivity index (χ4n) is 3.70. The van der Waals surface area contributed by atoms with Crippen molar-refractivity contribution in [1.82, 2.24) is 19.7 Å². The van der Waals surface area contributed by atoms with E-state index in [-0.39, 0.29) is 10.5 Å². The average molecular weight is 493 g/mol. The minimum atomic E-state index is -4.16. The van der Waals surface area contributed by atoms with Gasteiger partial charge in [0.25, 0.3) is 10.0 Å². The third kappa shape index (κ3) is 4.06. The van der Waals surface area contributed by atoms with Crippen LogP contribution in [0.2, 0.25) is 0 Å². The van der Waals surface area contributed by atoms with E-state index < -0.39 is 38.7 Å². The number of H-pyrrole nitrogens is 1. The van der Waals surface area contributed by atoms with Crippen LogP contribution >= 0.6 is 0 Å². The molecule has 0 bridgehead atoms. The minimum absolute atomic E-state index is 0.0147. The number of fused-ring (bicyclic) bond motifs is 1. The van der Waals surface area contributed by atoms with Crippen LogP contribution in [0.1, 0.15) is 15.9 Å². The van der Waals surface area contributed by atoms with E-state index >= 15 is 4.39 Å². The smallest absolute Gasteiger partial charge is 0.261 e. The molecule has 11 heteroatoms. The van der Waals surface area contributed by atoms with Gasteiger partial charge in [-0.2, -0.15) is 5.10 Å². The summed E-state index contributed by atoms with van der Waals surface area (Å²) in [6.07, 6.45) is 6.29. The molecule has 0 aliphatic rings. The Morgan fingerprint density at radius 3 is 2.54 bits per heavy atom. The SMILES string of the molecule is Cn1cc(-c2cnc3[nH]cc(C(=O)c4c(F)ccc(NS(=O)(=O)c5ccccc5)c4F)c3c2)cn1. The van der Waals surface area contributed by atoms with Crippen molar-refractivity contribution in [2.45, 2.75) is 4.90 Å². The van der Waals surface area contributed by atoms with Crippen LogP contribution in [0.3, 0.4) is 0 Å². The third-order valence-electron chi connectivity index (χ3n) is 5.43. The lowest BCUT2D eigenvalue weighted by atomic mass is 10.0. The van der Waals surface area contributed by atoms with E-state index in [4.69, 9.17) is 0 Å². The molecule has 35 heavy (non-hydrogen) atoms. The predicted octanol–water partition coefficient (Wildman–Crippen LogP) is 4.27. The van der Waals surface area contributed by atoms with Crippen molar-refractivity contribution in [3.05, 3.63) is 96.1 Å². The average Bonchev–Trinajstić information content (AvgIpc) is 3.47. The van der Waals surface area contributed by atoms with Gasteiger partial charge in [-0.15, -0.1) is 0 Å². The molecule has 8 nitrogen and oxygen atoms in total. The fourth-order valence-corrected chi connectivity index (χ4v) is 4.78. The number of carbonyl (C=O) groups is 1. The van der Waals surface area contributed by atoms with Gasteiger partial charge in [0.1, 0.15) is 11.5 Å². The highest BCUT2D eigenvalue weighted by Gasteiger charge is 2.26. The van der Waals surface area contributed by atoms with Crippen LogP contribution in [-0.2, 0) is 17.1 Å². The maximum absolute atomic E-state index is 15.3. The highest BCUT2D eigenvalue weighted by atomic mass is 32.2. The van der Waals surface area contributed by atoms with Gasteiger partial charge in [0.05, 0.1) is 22.3 Å². The van der Waals surface area contributed by atoms with Crippen LogP contribution < -0.4 is 4.72 Å². The number of hydrogen-bond acceptors (Lipinski definition) is 5. The van der Waals surface area contributed by atoms with Gasteiger partial charge >= 0.3 is 0 Å². The first-order valence-corrected chi connectivity index (χ1v) is 11.8.